The van der Waals surface area contributed by atoms with Crippen LogP contribution in [0.2, 0.25) is 5.02 Å². The van der Waals surface area contributed by atoms with Gasteiger partial charge in [-0.3, -0.25) is 4.99 Å². The van der Waals surface area contributed by atoms with Crippen molar-refractivity contribution in [3.05, 3.63) is 34.9 Å². The lowest BCUT2D eigenvalue weighted by atomic mass is 10.2. The van der Waals surface area contributed by atoms with E-state index in [0.29, 0.717) is 12.7 Å². The van der Waals surface area contributed by atoms with Gasteiger partial charge in [-0.25, -0.2) is 0 Å². The highest BCUT2D eigenvalue weighted by molar-refractivity contribution is 6.30. The molecule has 1 saturated heterocycles. The first-order valence-corrected chi connectivity index (χ1v) is 8.92. The van der Waals surface area contributed by atoms with E-state index >= 15 is 0 Å². The van der Waals surface area contributed by atoms with Crippen LogP contribution in [-0.2, 0) is 16.0 Å². The summed E-state index contributed by atoms with van der Waals surface area (Å²) in [5.74, 6) is 0.879. The normalized spacial score (nSPS) is 18.0. The summed E-state index contributed by atoms with van der Waals surface area (Å²) in [6.07, 6.45) is 3.53. The van der Waals surface area contributed by atoms with Crippen LogP contribution in [-0.4, -0.2) is 57.4 Å². The van der Waals surface area contributed by atoms with Gasteiger partial charge in [-0.2, -0.15) is 0 Å². The van der Waals surface area contributed by atoms with Crippen molar-refractivity contribution in [3.8, 4) is 0 Å². The topological polar surface area (TPSA) is 46.1 Å². The van der Waals surface area contributed by atoms with Crippen LogP contribution < -0.4 is 5.32 Å². The molecule has 24 heavy (non-hydrogen) atoms. The summed E-state index contributed by atoms with van der Waals surface area (Å²) < 4.78 is 11.2. The zero-order valence-electron chi connectivity index (χ0n) is 14.6. The lowest BCUT2D eigenvalue weighted by Crippen LogP contribution is -2.39. The van der Waals surface area contributed by atoms with Crippen molar-refractivity contribution in [2.24, 2.45) is 4.99 Å². The van der Waals surface area contributed by atoms with E-state index in [4.69, 9.17) is 21.1 Å². The fourth-order valence-electron chi connectivity index (χ4n) is 2.69. The molecule has 1 heterocycles. The lowest BCUT2D eigenvalue weighted by Gasteiger charge is -2.22. The van der Waals surface area contributed by atoms with Gasteiger partial charge in [0.05, 0.1) is 12.7 Å². The lowest BCUT2D eigenvalue weighted by molar-refractivity contribution is 0.0168. The van der Waals surface area contributed by atoms with Crippen LogP contribution in [0.5, 0.6) is 0 Å². The molecule has 0 aromatic heterocycles. The number of benzene rings is 1. The Bertz CT molecular complexity index is 501. The minimum Gasteiger partial charge on any atom is -0.379 e. The summed E-state index contributed by atoms with van der Waals surface area (Å²) >= 11 is 5.92. The molecule has 0 spiro atoms. The first-order chi connectivity index (χ1) is 11.7. The highest BCUT2D eigenvalue weighted by Crippen LogP contribution is 2.12. The van der Waals surface area contributed by atoms with E-state index in [1.165, 1.54) is 5.56 Å². The third-order valence-electron chi connectivity index (χ3n) is 3.98. The van der Waals surface area contributed by atoms with Crippen LogP contribution in [0.15, 0.2) is 29.3 Å². The molecule has 134 valence electrons. The van der Waals surface area contributed by atoms with Gasteiger partial charge < -0.3 is 19.7 Å². The Morgan fingerprint density at radius 1 is 1.42 bits per heavy atom. The highest BCUT2D eigenvalue weighted by atomic mass is 35.5. The van der Waals surface area contributed by atoms with Gasteiger partial charge >= 0.3 is 0 Å². The molecule has 0 bridgehead atoms. The van der Waals surface area contributed by atoms with E-state index in [1.807, 2.05) is 31.3 Å². The fraction of sp³-hybridized carbons (Fsp3) is 0.611. The first-order valence-electron chi connectivity index (χ1n) is 8.54. The molecule has 0 saturated carbocycles. The number of rotatable bonds is 8. The number of nitrogens with zero attached hydrogens (tertiary/aromatic N) is 2. The summed E-state index contributed by atoms with van der Waals surface area (Å²) in [6, 6.07) is 7.88. The quantitative estimate of drug-likeness (QED) is 0.443. The van der Waals surface area contributed by atoms with Gasteiger partial charge in [0.15, 0.2) is 5.96 Å². The third kappa shape index (κ3) is 6.67. The predicted octanol–water partition coefficient (Wildman–Crippen LogP) is 2.93. The number of hydrogen-bond acceptors (Lipinski definition) is 3. The second kappa shape index (κ2) is 10.5. The maximum absolute atomic E-state index is 5.92. The van der Waals surface area contributed by atoms with Crippen molar-refractivity contribution in [3.63, 3.8) is 0 Å². The summed E-state index contributed by atoms with van der Waals surface area (Å²) in [5, 5.41) is 4.12. The van der Waals surface area contributed by atoms with Crippen LogP contribution in [0.3, 0.4) is 0 Å². The number of guanidine groups is 1. The van der Waals surface area contributed by atoms with Crippen molar-refractivity contribution in [2.75, 3.05) is 40.5 Å². The van der Waals surface area contributed by atoms with Crippen LogP contribution in [0.4, 0.5) is 0 Å². The smallest absolute Gasteiger partial charge is 0.193 e. The van der Waals surface area contributed by atoms with Crippen molar-refractivity contribution in [2.45, 2.75) is 31.9 Å². The molecule has 0 radical (unpaired) electrons. The molecule has 1 aliphatic rings. The Hall–Kier alpha value is -1.30. The van der Waals surface area contributed by atoms with Gasteiger partial charge in [-0.05, 0) is 37.0 Å². The molecule has 1 aromatic rings. The maximum Gasteiger partial charge on any atom is 0.193 e. The zero-order valence-corrected chi connectivity index (χ0v) is 15.4. The molecule has 1 unspecified atom stereocenters. The van der Waals surface area contributed by atoms with Gasteiger partial charge in [0.2, 0.25) is 0 Å². The van der Waals surface area contributed by atoms with Gasteiger partial charge in [0, 0.05) is 45.4 Å². The standard InChI is InChI=1S/C18H28ClN3O2/c1-20-18(22(2)13-15-6-8-16(19)9-7-15)21-10-4-11-23-14-17-5-3-12-24-17/h6-9,17H,3-5,10-14H2,1-2H3,(H,20,21). The van der Waals surface area contributed by atoms with Crippen molar-refractivity contribution >= 4 is 17.6 Å². The van der Waals surface area contributed by atoms with Gasteiger partial charge in [-0.1, -0.05) is 23.7 Å². The Morgan fingerprint density at radius 2 is 2.21 bits per heavy atom. The van der Waals surface area contributed by atoms with E-state index in [9.17, 15) is 0 Å². The number of aliphatic imine (C=N–C) groups is 1. The third-order valence-corrected chi connectivity index (χ3v) is 4.23. The average molecular weight is 354 g/mol. The van der Waals surface area contributed by atoms with Crippen molar-refractivity contribution < 1.29 is 9.47 Å². The second-order valence-corrected chi connectivity index (χ2v) is 6.46. The van der Waals surface area contributed by atoms with Gasteiger partial charge in [0.25, 0.3) is 0 Å². The van der Waals surface area contributed by atoms with Crippen LogP contribution in [0, 0.1) is 0 Å². The number of hydrogen-bond donors (Lipinski definition) is 1. The number of nitrogens with one attached hydrogen (secondary N) is 1. The zero-order chi connectivity index (χ0) is 17.2. The molecule has 1 aromatic carbocycles. The molecule has 1 fully saturated rings. The Morgan fingerprint density at radius 3 is 2.88 bits per heavy atom. The fourth-order valence-corrected chi connectivity index (χ4v) is 2.81. The van der Waals surface area contributed by atoms with Crippen LogP contribution in [0.25, 0.3) is 0 Å². The molecular weight excluding hydrogens is 326 g/mol. The van der Waals surface area contributed by atoms with E-state index in [1.54, 1.807) is 7.05 Å². The van der Waals surface area contributed by atoms with E-state index in [-0.39, 0.29) is 0 Å². The molecule has 5 nitrogen and oxygen atoms in total. The average Bonchev–Trinajstić information content (AvgIpc) is 3.09. The van der Waals surface area contributed by atoms with Crippen molar-refractivity contribution in [1.82, 2.24) is 10.2 Å². The van der Waals surface area contributed by atoms with Crippen molar-refractivity contribution in [1.29, 1.82) is 0 Å². The Labute approximate surface area is 150 Å². The van der Waals surface area contributed by atoms with E-state index < -0.39 is 0 Å². The highest BCUT2D eigenvalue weighted by Gasteiger charge is 2.15. The summed E-state index contributed by atoms with van der Waals surface area (Å²) in [4.78, 5) is 6.42. The van der Waals surface area contributed by atoms with Gasteiger partial charge in [-0.15, -0.1) is 0 Å². The predicted molar refractivity (Wildman–Crippen MR) is 98.7 cm³/mol. The largest absolute Gasteiger partial charge is 0.379 e. The number of ether oxygens (including phenoxy) is 2. The van der Waals surface area contributed by atoms with Crippen LogP contribution >= 0.6 is 11.6 Å². The summed E-state index contributed by atoms with van der Waals surface area (Å²) in [6.45, 7) is 3.96. The Kier molecular flexibility index (Phi) is 8.36. The SMILES string of the molecule is CN=C(NCCCOCC1CCCO1)N(C)Cc1ccc(Cl)cc1. The summed E-state index contributed by atoms with van der Waals surface area (Å²) in [7, 11) is 3.83. The molecule has 1 aliphatic heterocycles. The minimum atomic E-state index is 0.302. The monoisotopic (exact) mass is 353 g/mol. The molecule has 2 rings (SSSR count). The first kappa shape index (κ1) is 19.0. The molecular formula is C18H28ClN3O2. The molecule has 1 N–H and O–H groups in total. The van der Waals surface area contributed by atoms with Gasteiger partial charge in [0.1, 0.15) is 0 Å². The second-order valence-electron chi connectivity index (χ2n) is 6.02. The van der Waals surface area contributed by atoms with E-state index in [0.717, 1.165) is 56.5 Å². The van der Waals surface area contributed by atoms with Crippen LogP contribution in [0.1, 0.15) is 24.8 Å². The molecule has 1 atom stereocenters. The number of halogens is 1. The molecule has 6 heteroatoms. The maximum atomic E-state index is 5.92. The van der Waals surface area contributed by atoms with E-state index in [2.05, 4.69) is 15.2 Å². The molecule has 0 amide bonds. The minimum absolute atomic E-state index is 0.302. The summed E-state index contributed by atoms with van der Waals surface area (Å²) in [5.41, 5.74) is 1.20. The Balaban J connectivity index is 1.61. The molecule has 0 aliphatic carbocycles.